The largest absolute Gasteiger partial charge is 0.476 e. The number of anilines is 1. The van der Waals surface area contributed by atoms with Crippen LogP contribution in [0.2, 0.25) is 5.02 Å². The first-order valence-electron chi connectivity index (χ1n) is 8.37. The molecular formula is C21H14ClFN2O2S. The number of thiophene rings is 1. The Labute approximate surface area is 169 Å². The lowest BCUT2D eigenvalue weighted by molar-refractivity contribution is 0.0691. The van der Waals surface area contributed by atoms with Crippen LogP contribution in [0.5, 0.6) is 0 Å². The third-order valence-corrected chi connectivity index (χ3v) is 5.77. The van der Waals surface area contributed by atoms with Gasteiger partial charge in [-0.25, -0.2) is 14.2 Å². The number of aromatic nitrogens is 1. The Kier molecular flexibility index (Phi) is 4.75. The van der Waals surface area contributed by atoms with Gasteiger partial charge in [0.2, 0.25) is 0 Å². The number of halogens is 2. The van der Waals surface area contributed by atoms with Gasteiger partial charge in [-0.1, -0.05) is 35.9 Å². The first-order chi connectivity index (χ1) is 13.4. The van der Waals surface area contributed by atoms with E-state index in [1.807, 2.05) is 29.6 Å². The van der Waals surface area contributed by atoms with Gasteiger partial charge in [0.15, 0.2) is 5.69 Å². The van der Waals surface area contributed by atoms with Crippen LogP contribution >= 0.6 is 22.9 Å². The number of carbonyl (C=O) groups is 1. The fourth-order valence-electron chi connectivity index (χ4n) is 3.08. The molecule has 0 fully saturated rings. The van der Waals surface area contributed by atoms with Gasteiger partial charge in [0, 0.05) is 22.2 Å². The lowest BCUT2D eigenvalue weighted by atomic mass is 9.97. The molecule has 0 aliphatic carbocycles. The van der Waals surface area contributed by atoms with Crippen molar-refractivity contribution in [3.63, 3.8) is 0 Å². The molecule has 0 radical (unpaired) electrons. The average molecular weight is 413 g/mol. The van der Waals surface area contributed by atoms with Crippen LogP contribution in [0.25, 0.3) is 21.3 Å². The number of nitrogen functional groups attached to an aromatic ring is 1. The SMILES string of the molecule is Nc1c(Cl)c(C(=O)O)nc(-c2ccc3ccsc3c2)c1Cc1ccc(F)cc1. The molecule has 0 saturated carbocycles. The van der Waals surface area contributed by atoms with Crippen LogP contribution in [-0.2, 0) is 6.42 Å². The number of carboxylic acids is 1. The number of carboxylic acid groups (broad SMARTS) is 1. The molecule has 0 amide bonds. The monoisotopic (exact) mass is 412 g/mol. The Hall–Kier alpha value is -2.96. The molecule has 0 spiro atoms. The van der Waals surface area contributed by atoms with Gasteiger partial charge in [-0.2, -0.15) is 0 Å². The van der Waals surface area contributed by atoms with Crippen molar-refractivity contribution in [2.45, 2.75) is 6.42 Å². The van der Waals surface area contributed by atoms with Crippen molar-refractivity contribution in [3.05, 3.63) is 81.6 Å². The van der Waals surface area contributed by atoms with Crippen molar-refractivity contribution in [1.29, 1.82) is 0 Å². The summed E-state index contributed by atoms with van der Waals surface area (Å²) in [6, 6.07) is 13.8. The molecule has 140 valence electrons. The van der Waals surface area contributed by atoms with Gasteiger partial charge < -0.3 is 10.8 Å². The molecule has 7 heteroatoms. The Balaban J connectivity index is 1.93. The van der Waals surface area contributed by atoms with Crippen molar-refractivity contribution in [1.82, 2.24) is 4.98 Å². The maximum Gasteiger partial charge on any atom is 0.356 e. The third kappa shape index (κ3) is 3.32. The van der Waals surface area contributed by atoms with E-state index in [2.05, 4.69) is 4.98 Å². The van der Waals surface area contributed by atoms with Gasteiger partial charge in [0.1, 0.15) is 5.82 Å². The lowest BCUT2D eigenvalue weighted by Gasteiger charge is -2.15. The number of fused-ring (bicyclic) bond motifs is 1. The molecule has 0 bridgehead atoms. The fourth-order valence-corrected chi connectivity index (χ4v) is 4.15. The van der Waals surface area contributed by atoms with Crippen LogP contribution in [0.1, 0.15) is 21.6 Å². The maximum absolute atomic E-state index is 13.3. The second-order valence-corrected chi connectivity index (χ2v) is 7.62. The summed E-state index contributed by atoms with van der Waals surface area (Å²) >= 11 is 7.78. The molecule has 0 aliphatic heterocycles. The van der Waals surface area contributed by atoms with E-state index in [4.69, 9.17) is 17.3 Å². The van der Waals surface area contributed by atoms with Crippen molar-refractivity contribution in [2.75, 3.05) is 5.73 Å². The number of hydrogen-bond donors (Lipinski definition) is 2. The molecule has 4 nitrogen and oxygen atoms in total. The van der Waals surface area contributed by atoms with E-state index in [0.717, 1.165) is 21.2 Å². The van der Waals surface area contributed by atoms with E-state index in [1.165, 1.54) is 12.1 Å². The van der Waals surface area contributed by atoms with Gasteiger partial charge >= 0.3 is 5.97 Å². The summed E-state index contributed by atoms with van der Waals surface area (Å²) in [5.41, 5.74) is 8.73. The van der Waals surface area contributed by atoms with Crippen molar-refractivity contribution >= 4 is 44.7 Å². The number of nitrogens with two attached hydrogens (primary N) is 1. The van der Waals surface area contributed by atoms with Gasteiger partial charge in [0.25, 0.3) is 0 Å². The molecule has 0 unspecified atom stereocenters. The lowest BCUT2D eigenvalue weighted by Crippen LogP contribution is -2.10. The van der Waals surface area contributed by atoms with Crippen LogP contribution in [-0.4, -0.2) is 16.1 Å². The number of rotatable bonds is 4. The topological polar surface area (TPSA) is 76.2 Å². The molecule has 2 aromatic carbocycles. The van der Waals surface area contributed by atoms with Crippen LogP contribution in [0, 0.1) is 5.82 Å². The predicted octanol–water partition coefficient (Wildman–Crippen LogP) is 5.63. The van der Waals surface area contributed by atoms with Crippen LogP contribution in [0.4, 0.5) is 10.1 Å². The van der Waals surface area contributed by atoms with Crippen molar-refractivity contribution < 1.29 is 14.3 Å². The first-order valence-corrected chi connectivity index (χ1v) is 9.63. The number of pyridine rings is 1. The highest BCUT2D eigenvalue weighted by atomic mass is 35.5. The highest BCUT2D eigenvalue weighted by molar-refractivity contribution is 7.17. The Morgan fingerprint density at radius 3 is 2.64 bits per heavy atom. The number of nitrogens with zero attached hydrogens (tertiary/aromatic N) is 1. The smallest absolute Gasteiger partial charge is 0.356 e. The predicted molar refractivity (Wildman–Crippen MR) is 111 cm³/mol. The molecule has 4 aromatic rings. The molecule has 2 aromatic heterocycles. The standard InChI is InChI=1S/C21H14ClFN2O2S/c22-17-18(24)15(9-11-1-5-14(23)6-2-11)19(25-20(17)21(26)27)13-4-3-12-7-8-28-16(12)10-13/h1-8,10H,9H2,(H2,24,25)(H,26,27). The van der Waals surface area contributed by atoms with E-state index in [1.54, 1.807) is 23.5 Å². The van der Waals surface area contributed by atoms with E-state index < -0.39 is 5.97 Å². The third-order valence-electron chi connectivity index (χ3n) is 4.51. The molecule has 0 aliphatic rings. The van der Waals surface area contributed by atoms with Crippen LogP contribution in [0.3, 0.4) is 0 Å². The maximum atomic E-state index is 13.3. The molecule has 2 heterocycles. The highest BCUT2D eigenvalue weighted by Crippen LogP contribution is 2.36. The molecule has 28 heavy (non-hydrogen) atoms. The molecular weight excluding hydrogens is 399 g/mol. The summed E-state index contributed by atoms with van der Waals surface area (Å²) in [6.45, 7) is 0. The zero-order valence-corrected chi connectivity index (χ0v) is 16.0. The van der Waals surface area contributed by atoms with E-state index in [0.29, 0.717) is 17.7 Å². The summed E-state index contributed by atoms with van der Waals surface area (Å²) in [6.07, 6.45) is 0.344. The molecule has 0 saturated heterocycles. The zero-order chi connectivity index (χ0) is 19.8. The van der Waals surface area contributed by atoms with Crippen LogP contribution < -0.4 is 5.73 Å². The van der Waals surface area contributed by atoms with Gasteiger partial charge in [-0.3, -0.25) is 0 Å². The number of aromatic carboxylic acids is 1. The summed E-state index contributed by atoms with van der Waals surface area (Å²) < 4.78 is 14.3. The van der Waals surface area contributed by atoms with Gasteiger partial charge in [-0.05, 0) is 40.6 Å². The van der Waals surface area contributed by atoms with Gasteiger partial charge in [-0.15, -0.1) is 11.3 Å². The molecule has 3 N–H and O–H groups in total. The Morgan fingerprint density at radius 2 is 1.93 bits per heavy atom. The Bertz CT molecular complexity index is 1210. The Morgan fingerprint density at radius 1 is 1.18 bits per heavy atom. The van der Waals surface area contributed by atoms with Crippen molar-refractivity contribution in [3.8, 4) is 11.3 Å². The van der Waals surface area contributed by atoms with E-state index in [9.17, 15) is 14.3 Å². The molecule has 0 atom stereocenters. The summed E-state index contributed by atoms with van der Waals surface area (Å²) in [7, 11) is 0. The minimum Gasteiger partial charge on any atom is -0.476 e. The zero-order valence-electron chi connectivity index (χ0n) is 14.4. The highest BCUT2D eigenvalue weighted by Gasteiger charge is 2.22. The summed E-state index contributed by atoms with van der Waals surface area (Å²) in [4.78, 5) is 15.9. The fraction of sp³-hybridized carbons (Fsp3) is 0.0476. The normalized spacial score (nSPS) is 11.1. The summed E-state index contributed by atoms with van der Waals surface area (Å²) in [5, 5.41) is 12.5. The van der Waals surface area contributed by atoms with Crippen LogP contribution in [0.15, 0.2) is 53.9 Å². The second-order valence-electron chi connectivity index (χ2n) is 6.30. The molecule has 4 rings (SSSR count). The first kappa shape index (κ1) is 18.4. The quantitative estimate of drug-likeness (QED) is 0.455. The number of hydrogen-bond acceptors (Lipinski definition) is 4. The van der Waals surface area contributed by atoms with E-state index in [-0.39, 0.29) is 22.2 Å². The second kappa shape index (κ2) is 7.22. The minimum atomic E-state index is -1.25. The average Bonchev–Trinajstić information content (AvgIpc) is 3.15. The number of benzene rings is 2. The minimum absolute atomic E-state index is 0.0921. The van der Waals surface area contributed by atoms with E-state index >= 15 is 0 Å². The van der Waals surface area contributed by atoms with Gasteiger partial charge in [0.05, 0.1) is 16.4 Å². The summed E-state index contributed by atoms with van der Waals surface area (Å²) in [5.74, 6) is -1.58. The van der Waals surface area contributed by atoms with Crippen molar-refractivity contribution in [2.24, 2.45) is 0 Å².